The van der Waals surface area contributed by atoms with Crippen molar-refractivity contribution in [1.29, 1.82) is 0 Å². The lowest BCUT2D eigenvalue weighted by atomic mass is 10.2. The Bertz CT molecular complexity index is 973. The maximum atomic E-state index is 11.6. The molecular formula is C19H16N4O4. The van der Waals surface area contributed by atoms with E-state index in [4.69, 9.17) is 9.84 Å². The third-order valence-corrected chi connectivity index (χ3v) is 3.63. The number of anilines is 4. The van der Waals surface area contributed by atoms with Gasteiger partial charge in [-0.25, -0.2) is 19.6 Å². The van der Waals surface area contributed by atoms with E-state index in [2.05, 4.69) is 20.6 Å². The molecule has 8 nitrogen and oxygen atoms in total. The molecule has 0 spiro atoms. The lowest BCUT2D eigenvalue weighted by Gasteiger charge is -2.09. The van der Waals surface area contributed by atoms with Gasteiger partial charge in [-0.05, 0) is 42.5 Å². The van der Waals surface area contributed by atoms with Crippen molar-refractivity contribution in [1.82, 2.24) is 9.97 Å². The van der Waals surface area contributed by atoms with Crippen LogP contribution in [0.3, 0.4) is 0 Å². The molecule has 0 fully saturated rings. The molecule has 27 heavy (non-hydrogen) atoms. The highest BCUT2D eigenvalue weighted by atomic mass is 16.5. The number of hydrogen-bond acceptors (Lipinski definition) is 7. The second-order valence-electron chi connectivity index (χ2n) is 5.49. The van der Waals surface area contributed by atoms with E-state index in [-0.39, 0.29) is 5.56 Å². The van der Waals surface area contributed by atoms with Crippen LogP contribution in [0.5, 0.6) is 0 Å². The van der Waals surface area contributed by atoms with Gasteiger partial charge in [0.05, 0.1) is 18.2 Å². The predicted molar refractivity (Wildman–Crippen MR) is 99.8 cm³/mol. The highest BCUT2D eigenvalue weighted by molar-refractivity contribution is 5.90. The van der Waals surface area contributed by atoms with Gasteiger partial charge >= 0.3 is 11.9 Å². The molecule has 1 heterocycles. The maximum absolute atomic E-state index is 11.6. The van der Waals surface area contributed by atoms with E-state index in [0.717, 1.165) is 0 Å². The SMILES string of the molecule is COC(=O)c1cccc(Nc2cc(Nc3ccc(C(=O)O)cc3)ncn2)c1. The summed E-state index contributed by atoms with van der Waals surface area (Å²) < 4.78 is 4.71. The second-order valence-corrected chi connectivity index (χ2v) is 5.49. The van der Waals surface area contributed by atoms with Crippen molar-refractivity contribution in [2.24, 2.45) is 0 Å². The second kappa shape index (κ2) is 7.96. The minimum Gasteiger partial charge on any atom is -0.478 e. The Balaban J connectivity index is 1.74. The van der Waals surface area contributed by atoms with Crippen LogP contribution in [-0.4, -0.2) is 34.1 Å². The number of nitrogens with zero attached hydrogens (tertiary/aromatic N) is 2. The Morgan fingerprint density at radius 1 is 0.889 bits per heavy atom. The fraction of sp³-hybridized carbons (Fsp3) is 0.0526. The van der Waals surface area contributed by atoms with E-state index in [9.17, 15) is 9.59 Å². The van der Waals surface area contributed by atoms with Gasteiger partial charge in [-0.1, -0.05) is 6.07 Å². The van der Waals surface area contributed by atoms with E-state index >= 15 is 0 Å². The summed E-state index contributed by atoms with van der Waals surface area (Å²) in [6.07, 6.45) is 1.39. The van der Waals surface area contributed by atoms with Crippen LogP contribution in [0.4, 0.5) is 23.0 Å². The number of carbonyl (C=O) groups is 2. The Labute approximate surface area is 154 Å². The van der Waals surface area contributed by atoms with Crippen LogP contribution in [0.1, 0.15) is 20.7 Å². The summed E-state index contributed by atoms with van der Waals surface area (Å²) in [5.74, 6) is -0.353. The first-order valence-electron chi connectivity index (χ1n) is 7.93. The molecule has 3 aromatic rings. The van der Waals surface area contributed by atoms with Gasteiger partial charge < -0.3 is 20.5 Å². The number of hydrogen-bond donors (Lipinski definition) is 3. The van der Waals surface area contributed by atoms with Gasteiger partial charge in [-0.3, -0.25) is 0 Å². The number of ether oxygens (including phenoxy) is 1. The number of benzene rings is 2. The maximum Gasteiger partial charge on any atom is 0.337 e. The molecular weight excluding hydrogens is 348 g/mol. The van der Waals surface area contributed by atoms with Gasteiger partial charge in [-0.2, -0.15) is 0 Å². The minimum absolute atomic E-state index is 0.205. The first-order valence-corrected chi connectivity index (χ1v) is 7.93. The summed E-state index contributed by atoms with van der Waals surface area (Å²) in [5, 5.41) is 15.1. The fourth-order valence-corrected chi connectivity index (χ4v) is 2.33. The number of carboxylic acids is 1. The van der Waals surface area contributed by atoms with Crippen molar-refractivity contribution in [2.45, 2.75) is 0 Å². The Kier molecular flexibility index (Phi) is 5.27. The highest BCUT2D eigenvalue weighted by Crippen LogP contribution is 2.20. The Morgan fingerprint density at radius 2 is 1.56 bits per heavy atom. The Hall–Kier alpha value is -3.94. The van der Waals surface area contributed by atoms with Gasteiger partial charge in [0.2, 0.25) is 0 Å². The number of aromatic nitrogens is 2. The average Bonchev–Trinajstić information content (AvgIpc) is 2.68. The first-order chi connectivity index (χ1) is 13.0. The van der Waals surface area contributed by atoms with Crippen molar-refractivity contribution in [3.63, 3.8) is 0 Å². The van der Waals surface area contributed by atoms with E-state index in [0.29, 0.717) is 28.6 Å². The molecule has 0 amide bonds. The normalized spacial score (nSPS) is 10.1. The third-order valence-electron chi connectivity index (χ3n) is 3.63. The van der Waals surface area contributed by atoms with Crippen LogP contribution in [0.15, 0.2) is 60.9 Å². The van der Waals surface area contributed by atoms with Crippen LogP contribution < -0.4 is 10.6 Å². The number of carboxylic acid groups (broad SMARTS) is 1. The number of aromatic carboxylic acids is 1. The van der Waals surface area contributed by atoms with Gasteiger partial charge in [-0.15, -0.1) is 0 Å². The van der Waals surface area contributed by atoms with E-state index in [1.165, 1.54) is 25.6 Å². The molecule has 0 saturated carbocycles. The van der Waals surface area contributed by atoms with E-state index < -0.39 is 11.9 Å². The zero-order chi connectivity index (χ0) is 19.2. The topological polar surface area (TPSA) is 113 Å². The molecule has 3 rings (SSSR count). The smallest absolute Gasteiger partial charge is 0.337 e. The standard InChI is InChI=1S/C19H16N4O4/c1-27-19(26)13-3-2-4-15(9-13)23-17-10-16(20-11-21-17)22-14-7-5-12(6-8-14)18(24)25/h2-11H,1H3,(H,24,25)(H2,20,21,22,23). The van der Waals surface area contributed by atoms with Gasteiger partial charge in [0.25, 0.3) is 0 Å². The van der Waals surface area contributed by atoms with E-state index in [1.807, 2.05) is 0 Å². The number of rotatable bonds is 6. The molecule has 0 bridgehead atoms. The lowest BCUT2D eigenvalue weighted by Crippen LogP contribution is -2.02. The molecule has 0 saturated heterocycles. The third kappa shape index (κ3) is 4.57. The van der Waals surface area contributed by atoms with Gasteiger partial charge in [0, 0.05) is 17.4 Å². The van der Waals surface area contributed by atoms with Crippen LogP contribution in [0.2, 0.25) is 0 Å². The minimum atomic E-state index is -0.982. The molecule has 3 N–H and O–H groups in total. The summed E-state index contributed by atoms with van der Waals surface area (Å²) in [4.78, 5) is 30.8. The number of nitrogens with one attached hydrogen (secondary N) is 2. The highest BCUT2D eigenvalue weighted by Gasteiger charge is 2.07. The average molecular weight is 364 g/mol. The molecule has 0 atom stereocenters. The quantitative estimate of drug-likeness (QED) is 0.570. The fourth-order valence-electron chi connectivity index (χ4n) is 2.33. The summed E-state index contributed by atoms with van der Waals surface area (Å²) in [6, 6.07) is 14.8. The molecule has 0 unspecified atom stereocenters. The van der Waals surface area contributed by atoms with Crippen LogP contribution in [0.25, 0.3) is 0 Å². The molecule has 136 valence electrons. The summed E-state index contributed by atoms with van der Waals surface area (Å²) in [7, 11) is 1.33. The number of carbonyl (C=O) groups excluding carboxylic acids is 1. The molecule has 1 aromatic heterocycles. The molecule has 2 aromatic carbocycles. The number of methoxy groups -OCH3 is 1. The summed E-state index contributed by atoms with van der Waals surface area (Å²) >= 11 is 0. The zero-order valence-corrected chi connectivity index (χ0v) is 14.3. The van der Waals surface area contributed by atoms with Gasteiger partial charge in [0.1, 0.15) is 18.0 Å². The molecule has 0 aliphatic carbocycles. The molecule has 0 aliphatic rings. The molecule has 8 heteroatoms. The lowest BCUT2D eigenvalue weighted by molar-refractivity contribution is 0.0600. The van der Waals surface area contributed by atoms with Gasteiger partial charge in [0.15, 0.2) is 0 Å². The van der Waals surface area contributed by atoms with Crippen molar-refractivity contribution in [3.05, 3.63) is 72.1 Å². The summed E-state index contributed by atoms with van der Waals surface area (Å²) in [5.41, 5.74) is 2.00. The first kappa shape index (κ1) is 17.9. The Morgan fingerprint density at radius 3 is 2.19 bits per heavy atom. The van der Waals surface area contributed by atoms with Crippen molar-refractivity contribution in [3.8, 4) is 0 Å². The van der Waals surface area contributed by atoms with Crippen molar-refractivity contribution >= 4 is 34.9 Å². The molecule has 0 aliphatic heterocycles. The number of esters is 1. The molecule has 0 radical (unpaired) electrons. The largest absolute Gasteiger partial charge is 0.478 e. The van der Waals surface area contributed by atoms with Crippen molar-refractivity contribution < 1.29 is 19.4 Å². The zero-order valence-electron chi connectivity index (χ0n) is 14.3. The van der Waals surface area contributed by atoms with Crippen LogP contribution >= 0.6 is 0 Å². The van der Waals surface area contributed by atoms with Crippen LogP contribution in [-0.2, 0) is 4.74 Å². The van der Waals surface area contributed by atoms with Crippen molar-refractivity contribution in [2.75, 3.05) is 17.7 Å². The summed E-state index contributed by atoms with van der Waals surface area (Å²) in [6.45, 7) is 0. The van der Waals surface area contributed by atoms with E-state index in [1.54, 1.807) is 42.5 Å². The predicted octanol–water partition coefficient (Wildman–Crippen LogP) is 3.45. The van der Waals surface area contributed by atoms with Crippen LogP contribution in [0, 0.1) is 0 Å². The monoisotopic (exact) mass is 364 g/mol.